The molecule has 0 aliphatic heterocycles. The fraction of sp³-hybridized carbons (Fsp3) is 0.211. The van der Waals surface area contributed by atoms with Gasteiger partial charge in [-0.25, -0.2) is 4.39 Å². The van der Waals surface area contributed by atoms with Gasteiger partial charge in [0, 0.05) is 5.69 Å². The van der Waals surface area contributed by atoms with Crippen molar-refractivity contribution in [3.63, 3.8) is 0 Å². The Kier molecular flexibility index (Phi) is 6.08. The van der Waals surface area contributed by atoms with Gasteiger partial charge in [-0.05, 0) is 50.2 Å². The zero-order valence-corrected chi connectivity index (χ0v) is 15.6. The molecule has 0 aliphatic carbocycles. The minimum absolute atomic E-state index is 0.142. The highest BCUT2D eigenvalue weighted by atomic mass is 32.2. The van der Waals surface area contributed by atoms with Crippen molar-refractivity contribution in [2.45, 2.75) is 25.2 Å². The molecule has 0 spiro atoms. The van der Waals surface area contributed by atoms with Crippen molar-refractivity contribution in [1.29, 1.82) is 0 Å². The summed E-state index contributed by atoms with van der Waals surface area (Å²) in [5.74, 6) is 0.409. The predicted octanol–water partition coefficient (Wildman–Crippen LogP) is 4.39. The summed E-state index contributed by atoms with van der Waals surface area (Å²) in [6.45, 7) is 3.73. The standard InChI is InChI=1S/C19H18FN3O3S/c1-12-3-7-15(8-4-12)21-17(24)11-27-19-23-22-18(26-19)13(2)25-16-9-5-14(20)6-10-16/h3-10,13H,11H2,1-2H3,(H,21,24)/t13-/m1/s1. The number of ether oxygens (including phenoxy) is 1. The van der Waals surface area contributed by atoms with E-state index in [4.69, 9.17) is 9.15 Å². The molecule has 1 aromatic heterocycles. The van der Waals surface area contributed by atoms with Crippen LogP contribution in [0, 0.1) is 12.7 Å². The number of halogens is 1. The lowest BCUT2D eigenvalue weighted by molar-refractivity contribution is -0.113. The molecular formula is C19H18FN3O3S. The van der Waals surface area contributed by atoms with Crippen LogP contribution in [0.15, 0.2) is 58.2 Å². The molecule has 0 radical (unpaired) electrons. The third-order valence-corrected chi connectivity index (χ3v) is 4.38. The van der Waals surface area contributed by atoms with Gasteiger partial charge >= 0.3 is 0 Å². The zero-order chi connectivity index (χ0) is 19.2. The lowest BCUT2D eigenvalue weighted by atomic mass is 10.2. The van der Waals surface area contributed by atoms with E-state index in [9.17, 15) is 9.18 Å². The third kappa shape index (κ3) is 5.55. The Hall–Kier alpha value is -2.87. The molecule has 0 aliphatic rings. The van der Waals surface area contributed by atoms with E-state index in [1.54, 1.807) is 6.92 Å². The van der Waals surface area contributed by atoms with Crippen LogP contribution >= 0.6 is 11.8 Å². The van der Waals surface area contributed by atoms with Gasteiger partial charge in [0.25, 0.3) is 11.1 Å². The van der Waals surface area contributed by atoms with Crippen molar-refractivity contribution in [2.24, 2.45) is 0 Å². The number of thioether (sulfide) groups is 1. The number of hydrogen-bond donors (Lipinski definition) is 1. The fourth-order valence-corrected chi connectivity index (χ4v) is 2.74. The SMILES string of the molecule is Cc1ccc(NC(=O)CSc2nnc([C@@H](C)Oc3ccc(F)cc3)o2)cc1. The van der Waals surface area contributed by atoms with Crippen LogP contribution in [0.3, 0.4) is 0 Å². The van der Waals surface area contributed by atoms with Gasteiger partial charge < -0.3 is 14.5 Å². The largest absolute Gasteiger partial charge is 0.481 e. The van der Waals surface area contributed by atoms with Crippen LogP contribution in [0.2, 0.25) is 0 Å². The zero-order valence-electron chi connectivity index (χ0n) is 14.8. The molecule has 6 nitrogen and oxygen atoms in total. The molecule has 0 saturated heterocycles. The van der Waals surface area contributed by atoms with E-state index in [0.29, 0.717) is 5.75 Å². The van der Waals surface area contributed by atoms with Gasteiger partial charge in [-0.2, -0.15) is 0 Å². The second-order valence-electron chi connectivity index (χ2n) is 5.82. The Morgan fingerprint density at radius 3 is 2.59 bits per heavy atom. The molecule has 1 heterocycles. The van der Waals surface area contributed by atoms with Crippen LogP contribution in [-0.2, 0) is 4.79 Å². The maximum atomic E-state index is 12.9. The molecule has 0 unspecified atom stereocenters. The lowest BCUT2D eigenvalue weighted by Crippen LogP contribution is -2.13. The van der Waals surface area contributed by atoms with E-state index < -0.39 is 6.10 Å². The maximum Gasteiger partial charge on any atom is 0.277 e. The van der Waals surface area contributed by atoms with E-state index in [0.717, 1.165) is 23.0 Å². The minimum Gasteiger partial charge on any atom is -0.481 e. The molecule has 1 N–H and O–H groups in total. The number of nitrogens with one attached hydrogen (secondary N) is 1. The quantitative estimate of drug-likeness (QED) is 0.606. The van der Waals surface area contributed by atoms with Crippen molar-refractivity contribution in [1.82, 2.24) is 10.2 Å². The Bertz CT molecular complexity index is 897. The number of carbonyl (C=O) groups excluding carboxylic acids is 1. The van der Waals surface area contributed by atoms with E-state index in [-0.39, 0.29) is 28.6 Å². The summed E-state index contributed by atoms with van der Waals surface area (Å²) in [4.78, 5) is 12.0. The smallest absolute Gasteiger partial charge is 0.277 e. The van der Waals surface area contributed by atoms with Gasteiger partial charge in [-0.3, -0.25) is 4.79 Å². The molecule has 27 heavy (non-hydrogen) atoms. The first-order valence-electron chi connectivity index (χ1n) is 8.24. The lowest BCUT2D eigenvalue weighted by Gasteiger charge is -2.10. The summed E-state index contributed by atoms with van der Waals surface area (Å²) in [6, 6.07) is 13.2. The van der Waals surface area contributed by atoms with Gasteiger partial charge in [-0.15, -0.1) is 10.2 Å². The Labute approximate surface area is 160 Å². The average molecular weight is 387 g/mol. The van der Waals surface area contributed by atoms with Gasteiger partial charge in [0.2, 0.25) is 5.91 Å². The number of amides is 1. The maximum absolute atomic E-state index is 12.9. The first-order chi connectivity index (χ1) is 13.0. The van der Waals surface area contributed by atoms with E-state index in [1.807, 2.05) is 31.2 Å². The van der Waals surface area contributed by atoms with Crippen LogP contribution in [-0.4, -0.2) is 21.9 Å². The first-order valence-corrected chi connectivity index (χ1v) is 9.23. The number of anilines is 1. The van der Waals surface area contributed by atoms with E-state index in [2.05, 4.69) is 15.5 Å². The highest BCUT2D eigenvalue weighted by Crippen LogP contribution is 2.24. The number of aromatic nitrogens is 2. The van der Waals surface area contributed by atoms with Crippen molar-refractivity contribution >= 4 is 23.4 Å². The summed E-state index contributed by atoms with van der Waals surface area (Å²) in [5, 5.41) is 10.9. The van der Waals surface area contributed by atoms with Crippen molar-refractivity contribution in [2.75, 3.05) is 11.1 Å². The predicted molar refractivity (Wildman–Crippen MR) is 100 cm³/mol. The summed E-state index contributed by atoms with van der Waals surface area (Å²) >= 11 is 1.14. The normalized spacial score (nSPS) is 11.8. The molecule has 1 atom stereocenters. The number of nitrogens with zero attached hydrogens (tertiary/aromatic N) is 2. The molecule has 2 aromatic carbocycles. The highest BCUT2D eigenvalue weighted by Gasteiger charge is 2.17. The third-order valence-electron chi connectivity index (χ3n) is 3.56. The number of benzene rings is 2. The van der Waals surface area contributed by atoms with E-state index in [1.165, 1.54) is 24.3 Å². The molecular weight excluding hydrogens is 369 g/mol. The monoisotopic (exact) mass is 387 g/mol. The van der Waals surface area contributed by atoms with Crippen LogP contribution in [0.4, 0.5) is 10.1 Å². The number of carbonyl (C=O) groups is 1. The average Bonchev–Trinajstić information content (AvgIpc) is 3.13. The summed E-state index contributed by atoms with van der Waals surface area (Å²) in [6.07, 6.45) is -0.501. The van der Waals surface area contributed by atoms with Gasteiger partial charge in [-0.1, -0.05) is 29.5 Å². The van der Waals surface area contributed by atoms with Gasteiger partial charge in [0.15, 0.2) is 6.10 Å². The van der Waals surface area contributed by atoms with Crippen molar-refractivity contribution in [3.05, 3.63) is 65.8 Å². The molecule has 0 fully saturated rings. The van der Waals surface area contributed by atoms with Gasteiger partial charge in [0.1, 0.15) is 11.6 Å². The highest BCUT2D eigenvalue weighted by molar-refractivity contribution is 7.99. The Balaban J connectivity index is 1.50. The molecule has 8 heteroatoms. The minimum atomic E-state index is -0.501. The van der Waals surface area contributed by atoms with Crippen LogP contribution in [0.5, 0.6) is 5.75 Å². The molecule has 140 valence electrons. The second kappa shape index (κ2) is 8.68. The van der Waals surface area contributed by atoms with Crippen LogP contribution < -0.4 is 10.1 Å². The first kappa shape index (κ1) is 18.9. The number of aryl methyl sites for hydroxylation is 1. The summed E-state index contributed by atoms with van der Waals surface area (Å²) in [5.41, 5.74) is 1.86. The summed E-state index contributed by atoms with van der Waals surface area (Å²) in [7, 11) is 0. The van der Waals surface area contributed by atoms with E-state index >= 15 is 0 Å². The van der Waals surface area contributed by atoms with Crippen LogP contribution in [0.1, 0.15) is 24.5 Å². The molecule has 0 bridgehead atoms. The molecule has 3 aromatic rings. The Morgan fingerprint density at radius 2 is 1.89 bits per heavy atom. The second-order valence-corrected chi connectivity index (χ2v) is 6.75. The molecule has 0 saturated carbocycles. The topological polar surface area (TPSA) is 77.2 Å². The van der Waals surface area contributed by atoms with Crippen molar-refractivity contribution < 1.29 is 18.3 Å². The van der Waals surface area contributed by atoms with Crippen molar-refractivity contribution in [3.8, 4) is 5.75 Å². The molecule has 1 amide bonds. The fourth-order valence-electron chi connectivity index (χ4n) is 2.17. The number of hydrogen-bond acceptors (Lipinski definition) is 6. The van der Waals surface area contributed by atoms with Gasteiger partial charge in [0.05, 0.1) is 5.75 Å². The number of rotatable bonds is 7. The summed E-state index contributed by atoms with van der Waals surface area (Å²) < 4.78 is 24.1. The Morgan fingerprint density at radius 1 is 1.19 bits per heavy atom. The van der Waals surface area contributed by atoms with Crippen LogP contribution in [0.25, 0.3) is 0 Å². The molecule has 3 rings (SSSR count).